The number of carbonyl (C=O) groups excluding carboxylic acids is 3. The van der Waals surface area contributed by atoms with Crippen LogP contribution in [-0.2, 0) is 4.74 Å². The number of amides is 4. The molecule has 2 aliphatic heterocycles. The summed E-state index contributed by atoms with van der Waals surface area (Å²) in [6.07, 6.45) is 2.73. The molecule has 1 fully saturated rings. The predicted octanol–water partition coefficient (Wildman–Crippen LogP) is 7.43. The Morgan fingerprint density at radius 3 is 2.64 bits per heavy atom. The molecule has 2 aromatic carbocycles. The molecule has 11 heteroatoms. The fourth-order valence-corrected chi connectivity index (χ4v) is 6.54. The van der Waals surface area contributed by atoms with Crippen LogP contribution in [0, 0.1) is 0 Å². The third-order valence-electron chi connectivity index (χ3n) is 7.12. The van der Waals surface area contributed by atoms with E-state index in [1.165, 1.54) is 11.3 Å². The minimum Gasteiger partial charge on any atom is -0.444 e. The van der Waals surface area contributed by atoms with Crippen LogP contribution in [0.2, 0.25) is 5.02 Å². The first-order chi connectivity index (χ1) is 20.1. The summed E-state index contributed by atoms with van der Waals surface area (Å²) in [6, 6.07) is 16.4. The molecular weight excluding hydrogens is 574 g/mol. The Morgan fingerprint density at radius 2 is 1.88 bits per heavy atom. The molecule has 42 heavy (non-hydrogen) atoms. The van der Waals surface area contributed by atoms with Crippen LogP contribution in [0.25, 0.3) is 21.3 Å². The van der Waals surface area contributed by atoms with Gasteiger partial charge in [-0.2, -0.15) is 0 Å². The zero-order chi connectivity index (χ0) is 29.6. The number of hydrogen-bond donors (Lipinski definition) is 2. The van der Waals surface area contributed by atoms with Gasteiger partial charge in [-0.1, -0.05) is 35.9 Å². The van der Waals surface area contributed by atoms with Crippen LogP contribution in [0.5, 0.6) is 0 Å². The van der Waals surface area contributed by atoms with E-state index in [0.29, 0.717) is 50.3 Å². The van der Waals surface area contributed by atoms with Crippen LogP contribution in [0.1, 0.15) is 43.3 Å². The van der Waals surface area contributed by atoms with Crippen LogP contribution < -0.4 is 15.5 Å². The van der Waals surface area contributed by atoms with Gasteiger partial charge in [-0.25, -0.2) is 14.6 Å². The lowest BCUT2D eigenvalue weighted by Gasteiger charge is -2.34. The lowest BCUT2D eigenvalue weighted by Crippen LogP contribution is -2.50. The Hall–Kier alpha value is -4.15. The molecule has 4 heterocycles. The van der Waals surface area contributed by atoms with Crippen LogP contribution in [0.4, 0.5) is 26.7 Å². The quantitative estimate of drug-likeness (QED) is 0.252. The van der Waals surface area contributed by atoms with Crippen LogP contribution in [0.3, 0.4) is 0 Å². The van der Waals surface area contributed by atoms with E-state index < -0.39 is 5.60 Å². The standard InChI is InChI=1S/C31H30ClN5O4S/c1-31(2,3)41-30(40)36-14-6-10-21(17-36)34-27(38)26-25-24-23(12-13-33-28(24)42-26)37(29(39)35-25)22-11-5-8-19(16-22)18-7-4-9-20(32)15-18/h4-5,7-9,11-13,15-16,21H,6,10,14,17H2,1-3H3,(H,34,38)(H,35,39). The average Bonchev–Trinajstić information content (AvgIpc) is 3.32. The number of likely N-dealkylation sites (tertiary alicyclic amines) is 1. The third kappa shape index (κ3) is 5.52. The van der Waals surface area contributed by atoms with Crippen molar-refractivity contribution in [3.8, 4) is 11.1 Å². The number of benzene rings is 2. The van der Waals surface area contributed by atoms with Crippen molar-refractivity contribution in [2.24, 2.45) is 0 Å². The molecule has 216 valence electrons. The zero-order valence-corrected chi connectivity index (χ0v) is 25.0. The molecule has 0 bridgehead atoms. The molecule has 0 saturated carbocycles. The van der Waals surface area contributed by atoms with Crippen LogP contribution in [-0.4, -0.2) is 52.6 Å². The summed E-state index contributed by atoms with van der Waals surface area (Å²) in [5, 5.41) is 7.36. The van der Waals surface area contributed by atoms with Crippen LogP contribution >= 0.6 is 22.9 Å². The van der Waals surface area contributed by atoms with E-state index in [4.69, 9.17) is 16.3 Å². The normalized spacial score (nSPS) is 16.8. The molecule has 1 unspecified atom stereocenters. The zero-order valence-electron chi connectivity index (χ0n) is 23.4. The molecule has 6 rings (SSSR count). The van der Waals surface area contributed by atoms with Crippen molar-refractivity contribution >= 4 is 68.2 Å². The Morgan fingerprint density at radius 1 is 1.12 bits per heavy atom. The van der Waals surface area contributed by atoms with Crippen molar-refractivity contribution in [1.29, 1.82) is 0 Å². The van der Waals surface area contributed by atoms with Gasteiger partial charge in [0.15, 0.2) is 0 Å². The molecule has 0 aliphatic carbocycles. The number of urea groups is 1. The molecule has 1 saturated heterocycles. The van der Waals surface area contributed by atoms with Crippen molar-refractivity contribution in [1.82, 2.24) is 15.2 Å². The first-order valence-corrected chi connectivity index (χ1v) is 14.9. The van der Waals surface area contributed by atoms with E-state index in [-0.39, 0.29) is 24.1 Å². The Labute approximate surface area is 252 Å². The van der Waals surface area contributed by atoms with E-state index >= 15 is 0 Å². The molecule has 2 N–H and O–H groups in total. The summed E-state index contributed by atoms with van der Waals surface area (Å²) in [5.41, 5.74) is 3.01. The predicted molar refractivity (Wildman–Crippen MR) is 166 cm³/mol. The minimum atomic E-state index is -0.597. The number of rotatable bonds is 4. The summed E-state index contributed by atoms with van der Waals surface area (Å²) in [6.45, 7) is 6.42. The highest BCUT2D eigenvalue weighted by Crippen LogP contribution is 2.46. The second kappa shape index (κ2) is 10.9. The van der Waals surface area contributed by atoms with Gasteiger partial charge in [-0.3, -0.25) is 9.69 Å². The number of thiophene rings is 1. The number of halogens is 1. The lowest BCUT2D eigenvalue weighted by molar-refractivity contribution is 0.0185. The Kier molecular flexibility index (Phi) is 7.28. The SMILES string of the molecule is CC(C)(C)OC(=O)N1CCCC(NC(=O)c2sc3nccc4c3c2NC(=O)N4c2cccc(-c3cccc(Cl)c3)c2)C1. The fourth-order valence-electron chi connectivity index (χ4n) is 5.33. The van der Waals surface area contributed by atoms with Crippen molar-refractivity contribution in [3.63, 3.8) is 0 Å². The molecule has 0 spiro atoms. The van der Waals surface area contributed by atoms with E-state index in [9.17, 15) is 14.4 Å². The number of hydrogen-bond acceptors (Lipinski definition) is 6. The second-order valence-corrected chi connectivity index (χ2v) is 12.8. The molecule has 2 aliphatic rings. The van der Waals surface area contributed by atoms with Gasteiger partial charge in [0, 0.05) is 30.4 Å². The largest absolute Gasteiger partial charge is 0.444 e. The molecule has 1 atom stereocenters. The summed E-state index contributed by atoms with van der Waals surface area (Å²) in [4.78, 5) is 48.5. The highest BCUT2D eigenvalue weighted by atomic mass is 35.5. The van der Waals surface area contributed by atoms with Gasteiger partial charge in [-0.05, 0) is 75.1 Å². The minimum absolute atomic E-state index is 0.242. The van der Waals surface area contributed by atoms with Gasteiger partial charge in [0.25, 0.3) is 5.91 Å². The first kappa shape index (κ1) is 28.0. The average molecular weight is 604 g/mol. The first-order valence-electron chi connectivity index (χ1n) is 13.7. The van der Waals surface area contributed by atoms with Crippen molar-refractivity contribution in [2.45, 2.75) is 45.3 Å². The van der Waals surface area contributed by atoms with Crippen molar-refractivity contribution in [3.05, 3.63) is 70.7 Å². The Balaban J connectivity index is 1.28. The van der Waals surface area contributed by atoms with E-state index in [2.05, 4.69) is 15.6 Å². The third-order valence-corrected chi connectivity index (χ3v) is 8.45. The van der Waals surface area contributed by atoms with Gasteiger partial charge < -0.3 is 20.3 Å². The van der Waals surface area contributed by atoms with E-state index in [1.54, 1.807) is 22.1 Å². The van der Waals surface area contributed by atoms with E-state index in [1.807, 2.05) is 69.3 Å². The number of pyridine rings is 1. The number of piperidine rings is 1. The van der Waals surface area contributed by atoms with Crippen molar-refractivity contribution in [2.75, 3.05) is 23.3 Å². The monoisotopic (exact) mass is 603 g/mol. The van der Waals surface area contributed by atoms with Gasteiger partial charge in [-0.15, -0.1) is 11.3 Å². The second-order valence-electron chi connectivity index (χ2n) is 11.4. The highest BCUT2D eigenvalue weighted by Gasteiger charge is 2.34. The topological polar surface area (TPSA) is 104 Å². The smallest absolute Gasteiger partial charge is 0.410 e. The number of nitrogens with one attached hydrogen (secondary N) is 2. The van der Waals surface area contributed by atoms with E-state index in [0.717, 1.165) is 24.0 Å². The van der Waals surface area contributed by atoms with Gasteiger partial charge in [0.1, 0.15) is 15.3 Å². The molecule has 0 radical (unpaired) electrons. The lowest BCUT2D eigenvalue weighted by atomic mass is 10.0. The number of anilines is 3. The van der Waals surface area contributed by atoms with Gasteiger partial charge in [0.2, 0.25) is 0 Å². The number of nitrogens with zero attached hydrogens (tertiary/aromatic N) is 3. The molecule has 4 aromatic rings. The molecular formula is C31H30ClN5O4S. The maximum atomic E-state index is 13.6. The number of aromatic nitrogens is 1. The molecule has 4 amide bonds. The highest BCUT2D eigenvalue weighted by molar-refractivity contribution is 7.21. The van der Waals surface area contributed by atoms with Crippen molar-refractivity contribution < 1.29 is 19.1 Å². The van der Waals surface area contributed by atoms with Crippen LogP contribution in [0.15, 0.2) is 60.8 Å². The fraction of sp³-hybridized carbons (Fsp3) is 0.290. The van der Waals surface area contributed by atoms with Gasteiger partial charge in [0.05, 0.1) is 22.4 Å². The maximum Gasteiger partial charge on any atom is 0.410 e. The summed E-state index contributed by atoms with van der Waals surface area (Å²) in [7, 11) is 0. The summed E-state index contributed by atoms with van der Waals surface area (Å²) < 4.78 is 5.52. The molecule has 2 aromatic heterocycles. The summed E-state index contributed by atoms with van der Waals surface area (Å²) >= 11 is 7.44. The van der Waals surface area contributed by atoms with Gasteiger partial charge >= 0.3 is 12.1 Å². The summed E-state index contributed by atoms with van der Waals surface area (Å²) in [5.74, 6) is -0.313. The maximum absolute atomic E-state index is 13.6. The number of ether oxygens (including phenoxy) is 1. The molecule has 9 nitrogen and oxygen atoms in total. The number of carbonyl (C=O) groups is 3. The Bertz CT molecular complexity index is 1720.